The van der Waals surface area contributed by atoms with Crippen molar-refractivity contribution in [1.29, 1.82) is 0 Å². The van der Waals surface area contributed by atoms with Crippen LogP contribution in [-0.4, -0.2) is 13.1 Å². The second-order valence-electron chi connectivity index (χ2n) is 4.53. The quantitative estimate of drug-likeness (QED) is 0.798. The summed E-state index contributed by atoms with van der Waals surface area (Å²) >= 11 is 0. The van der Waals surface area contributed by atoms with E-state index in [1.165, 1.54) is 19.2 Å². The van der Waals surface area contributed by atoms with Crippen molar-refractivity contribution in [3.63, 3.8) is 0 Å². The number of hydrogen-bond acceptors (Lipinski definition) is 2. The first-order chi connectivity index (χ1) is 7.34. The second-order valence-corrected chi connectivity index (χ2v) is 4.53. The zero-order chi connectivity index (χ0) is 12.3. The first-order valence-corrected chi connectivity index (χ1v) is 5.04. The lowest BCUT2D eigenvalue weighted by molar-refractivity contribution is 0.202. The Kier molecular flexibility index (Phi) is 3.52. The van der Waals surface area contributed by atoms with Gasteiger partial charge < -0.3 is 10.1 Å². The van der Waals surface area contributed by atoms with Crippen molar-refractivity contribution in [3.05, 3.63) is 29.6 Å². The smallest absolute Gasteiger partial charge is 0.410 e. The SMILES string of the molecule is CNC(=O)Oc1ccc(F)c(C(C)(C)C)c1. The summed E-state index contributed by atoms with van der Waals surface area (Å²) in [5, 5.41) is 2.33. The number of nitrogens with one attached hydrogen (secondary N) is 1. The molecule has 0 aliphatic carbocycles. The standard InChI is InChI=1S/C12H16FNO2/c1-12(2,3)9-7-8(5-6-10(9)13)16-11(15)14-4/h5-7H,1-4H3,(H,14,15). The monoisotopic (exact) mass is 225 g/mol. The third-order valence-corrected chi connectivity index (χ3v) is 2.16. The molecule has 0 fully saturated rings. The Balaban J connectivity index is 3.03. The van der Waals surface area contributed by atoms with Crippen molar-refractivity contribution in [2.24, 2.45) is 0 Å². The number of carbonyl (C=O) groups excluding carboxylic acids is 1. The molecule has 0 heterocycles. The molecule has 1 rings (SSSR count). The molecule has 0 aliphatic heterocycles. The molecule has 0 spiro atoms. The van der Waals surface area contributed by atoms with E-state index in [1.807, 2.05) is 20.8 Å². The number of rotatable bonds is 1. The van der Waals surface area contributed by atoms with Crippen LogP contribution in [0.1, 0.15) is 26.3 Å². The van der Waals surface area contributed by atoms with Crippen LogP contribution in [0.4, 0.5) is 9.18 Å². The van der Waals surface area contributed by atoms with Crippen LogP contribution in [0.15, 0.2) is 18.2 Å². The summed E-state index contributed by atoms with van der Waals surface area (Å²) in [6.07, 6.45) is -0.563. The fourth-order valence-corrected chi connectivity index (χ4v) is 1.30. The highest BCUT2D eigenvalue weighted by atomic mass is 19.1. The highest BCUT2D eigenvalue weighted by Gasteiger charge is 2.19. The second kappa shape index (κ2) is 4.51. The van der Waals surface area contributed by atoms with Crippen molar-refractivity contribution in [3.8, 4) is 5.75 Å². The zero-order valence-electron chi connectivity index (χ0n) is 9.93. The molecule has 1 aromatic rings. The summed E-state index contributed by atoms with van der Waals surface area (Å²) < 4.78 is 18.5. The first-order valence-electron chi connectivity index (χ1n) is 5.04. The van der Waals surface area contributed by atoms with Crippen LogP contribution in [0.3, 0.4) is 0 Å². The molecule has 0 aromatic heterocycles. The number of amides is 1. The first kappa shape index (κ1) is 12.5. The lowest BCUT2D eigenvalue weighted by Gasteiger charge is -2.20. The minimum absolute atomic E-state index is 0.295. The average molecular weight is 225 g/mol. The summed E-state index contributed by atoms with van der Waals surface area (Å²) in [6.45, 7) is 5.69. The van der Waals surface area contributed by atoms with Crippen LogP contribution >= 0.6 is 0 Å². The van der Waals surface area contributed by atoms with E-state index < -0.39 is 6.09 Å². The third kappa shape index (κ3) is 2.95. The third-order valence-electron chi connectivity index (χ3n) is 2.16. The molecule has 4 heteroatoms. The molecule has 0 bridgehead atoms. The maximum atomic E-state index is 13.5. The molecule has 1 amide bonds. The molecule has 3 nitrogen and oxygen atoms in total. The van der Waals surface area contributed by atoms with Gasteiger partial charge in [-0.1, -0.05) is 20.8 Å². The maximum absolute atomic E-state index is 13.5. The summed E-state index contributed by atoms with van der Waals surface area (Å²) in [6, 6.07) is 4.28. The van der Waals surface area contributed by atoms with Crippen molar-refractivity contribution < 1.29 is 13.9 Å². The van der Waals surface area contributed by atoms with Crippen LogP contribution in [-0.2, 0) is 5.41 Å². The van der Waals surface area contributed by atoms with Crippen LogP contribution in [0, 0.1) is 5.82 Å². The highest BCUT2D eigenvalue weighted by molar-refractivity contribution is 5.69. The lowest BCUT2D eigenvalue weighted by atomic mass is 9.86. The van der Waals surface area contributed by atoms with E-state index in [0.29, 0.717) is 11.3 Å². The predicted molar refractivity (Wildman–Crippen MR) is 60.2 cm³/mol. The maximum Gasteiger partial charge on any atom is 0.412 e. The normalized spacial score (nSPS) is 11.1. The van der Waals surface area contributed by atoms with Gasteiger partial charge in [0.25, 0.3) is 0 Å². The van der Waals surface area contributed by atoms with E-state index in [-0.39, 0.29) is 11.2 Å². The van der Waals surface area contributed by atoms with Crippen LogP contribution < -0.4 is 10.1 Å². The van der Waals surface area contributed by atoms with Gasteiger partial charge in [-0.25, -0.2) is 9.18 Å². The average Bonchev–Trinajstić information content (AvgIpc) is 2.19. The predicted octanol–water partition coefficient (Wildman–Crippen LogP) is 2.84. The van der Waals surface area contributed by atoms with Gasteiger partial charge in [0.05, 0.1) is 0 Å². The van der Waals surface area contributed by atoms with Gasteiger partial charge in [0.15, 0.2) is 0 Å². The van der Waals surface area contributed by atoms with Crippen molar-refractivity contribution in [1.82, 2.24) is 5.32 Å². The van der Waals surface area contributed by atoms with Crippen LogP contribution in [0.5, 0.6) is 5.75 Å². The molecule has 0 saturated heterocycles. The van der Waals surface area contributed by atoms with Gasteiger partial charge in [0.2, 0.25) is 0 Å². The molecule has 88 valence electrons. The summed E-state index contributed by atoms with van der Waals surface area (Å²) in [4.78, 5) is 11.0. The molecule has 0 saturated carbocycles. The Morgan fingerprint density at radius 1 is 1.38 bits per heavy atom. The van der Waals surface area contributed by atoms with Crippen molar-refractivity contribution >= 4 is 6.09 Å². The molecular formula is C12H16FNO2. The van der Waals surface area contributed by atoms with Gasteiger partial charge in [0.1, 0.15) is 11.6 Å². The zero-order valence-corrected chi connectivity index (χ0v) is 9.93. The molecule has 0 aliphatic rings. The molecule has 0 unspecified atom stereocenters. The van der Waals surface area contributed by atoms with E-state index in [2.05, 4.69) is 5.32 Å². The topological polar surface area (TPSA) is 38.3 Å². The van der Waals surface area contributed by atoms with Crippen molar-refractivity contribution in [2.45, 2.75) is 26.2 Å². The number of halogens is 1. The minimum Gasteiger partial charge on any atom is -0.410 e. The van der Waals surface area contributed by atoms with Crippen molar-refractivity contribution in [2.75, 3.05) is 7.05 Å². The van der Waals surface area contributed by atoms with Crippen LogP contribution in [0.2, 0.25) is 0 Å². The molecule has 0 atom stereocenters. The Labute approximate surface area is 94.6 Å². The summed E-state index contributed by atoms with van der Waals surface area (Å²) in [7, 11) is 1.47. The van der Waals surface area contributed by atoms with Gasteiger partial charge in [0, 0.05) is 7.05 Å². The highest BCUT2D eigenvalue weighted by Crippen LogP contribution is 2.28. The number of carbonyl (C=O) groups is 1. The molecule has 1 aromatic carbocycles. The van der Waals surface area contributed by atoms with Gasteiger partial charge in [-0.15, -0.1) is 0 Å². The minimum atomic E-state index is -0.563. The Morgan fingerprint density at radius 2 is 2.00 bits per heavy atom. The molecule has 16 heavy (non-hydrogen) atoms. The fraction of sp³-hybridized carbons (Fsp3) is 0.417. The Bertz CT molecular complexity index is 396. The lowest BCUT2D eigenvalue weighted by Crippen LogP contribution is -2.22. The number of benzene rings is 1. The van der Waals surface area contributed by atoms with E-state index in [4.69, 9.17) is 4.74 Å². The Hall–Kier alpha value is -1.58. The van der Waals surface area contributed by atoms with Gasteiger partial charge in [-0.05, 0) is 29.2 Å². The summed E-state index contributed by atoms with van der Waals surface area (Å²) in [5.74, 6) is 0.0439. The fourth-order valence-electron chi connectivity index (χ4n) is 1.30. The van der Waals surface area contributed by atoms with E-state index in [9.17, 15) is 9.18 Å². The van der Waals surface area contributed by atoms with Gasteiger partial charge >= 0.3 is 6.09 Å². The van der Waals surface area contributed by atoms with Gasteiger partial charge in [-0.2, -0.15) is 0 Å². The largest absolute Gasteiger partial charge is 0.412 e. The van der Waals surface area contributed by atoms with E-state index in [1.54, 1.807) is 6.07 Å². The van der Waals surface area contributed by atoms with Crippen LogP contribution in [0.25, 0.3) is 0 Å². The van der Waals surface area contributed by atoms with E-state index in [0.717, 1.165) is 0 Å². The van der Waals surface area contributed by atoms with Gasteiger partial charge in [-0.3, -0.25) is 0 Å². The number of ether oxygens (including phenoxy) is 1. The number of hydrogen-bond donors (Lipinski definition) is 1. The molecule has 0 radical (unpaired) electrons. The van der Waals surface area contributed by atoms with E-state index >= 15 is 0 Å². The summed E-state index contributed by atoms with van der Waals surface area (Å²) in [5.41, 5.74) is 0.195. The molecule has 1 N–H and O–H groups in total. The molecular weight excluding hydrogens is 209 g/mol. The Morgan fingerprint density at radius 3 is 2.50 bits per heavy atom.